The van der Waals surface area contributed by atoms with E-state index >= 15 is 0 Å². The molecule has 0 heterocycles. The predicted molar refractivity (Wildman–Crippen MR) is 260 cm³/mol. The lowest BCUT2D eigenvalue weighted by molar-refractivity contribution is -0.143. The van der Waals surface area contributed by atoms with E-state index in [0.717, 1.165) is 44.9 Å². The first kappa shape index (κ1) is 58.6. The second kappa shape index (κ2) is 50.2. The minimum Gasteiger partial charge on any atom is -0.466 e. The molecule has 356 valence electrons. The van der Waals surface area contributed by atoms with E-state index in [1.165, 1.54) is 218 Å². The molecule has 0 aliphatic carbocycles. The Morgan fingerprint density at radius 3 is 1.18 bits per heavy atom. The van der Waals surface area contributed by atoms with Gasteiger partial charge in [-0.15, -0.1) is 0 Å². The summed E-state index contributed by atoms with van der Waals surface area (Å²) in [6.07, 6.45) is 57.6. The molecule has 2 atom stereocenters. The van der Waals surface area contributed by atoms with E-state index in [-0.39, 0.29) is 18.5 Å². The highest BCUT2D eigenvalue weighted by atomic mass is 16.5. The Kier molecular flexibility index (Phi) is 49.1. The molecule has 3 N–H and O–H groups in total. The van der Waals surface area contributed by atoms with Crippen molar-refractivity contribution in [2.75, 3.05) is 13.2 Å². The molecule has 0 aromatic carbocycles. The Balaban J connectivity index is 3.40. The van der Waals surface area contributed by atoms with Crippen LogP contribution in [0.5, 0.6) is 0 Å². The van der Waals surface area contributed by atoms with Crippen molar-refractivity contribution in [1.29, 1.82) is 0 Å². The van der Waals surface area contributed by atoms with Gasteiger partial charge in [-0.05, 0) is 51.4 Å². The van der Waals surface area contributed by atoms with E-state index < -0.39 is 12.1 Å². The van der Waals surface area contributed by atoms with E-state index in [1.54, 1.807) is 0 Å². The molecule has 0 spiro atoms. The van der Waals surface area contributed by atoms with Crippen LogP contribution >= 0.6 is 0 Å². The standard InChI is InChI=1S/C54H105NO5/c1-3-5-7-9-11-13-15-16-17-18-21-24-28-32-36-40-44-48-54(59)60-49-45-41-37-33-29-25-22-19-20-23-27-31-35-39-43-47-53(58)55-51(50-56)52(57)46-42-38-34-30-26-14-12-10-8-6-4-2/h16-17,51-52,56-57H,3-15,18-50H2,1-2H3,(H,55,58)/b17-16-. The topological polar surface area (TPSA) is 95.9 Å². The number of carbonyl (C=O) groups is 2. The lowest BCUT2D eigenvalue weighted by Crippen LogP contribution is -2.45. The molecule has 6 nitrogen and oxygen atoms in total. The summed E-state index contributed by atoms with van der Waals surface area (Å²) < 4.78 is 5.48. The summed E-state index contributed by atoms with van der Waals surface area (Å²) in [6.45, 7) is 4.93. The number of allylic oxidation sites excluding steroid dienone is 2. The summed E-state index contributed by atoms with van der Waals surface area (Å²) in [5.41, 5.74) is 0. The number of aliphatic hydroxyl groups is 2. The molecule has 0 radical (unpaired) electrons. The summed E-state index contributed by atoms with van der Waals surface area (Å²) >= 11 is 0. The quantitative estimate of drug-likeness (QED) is 0.0322. The first-order chi connectivity index (χ1) is 29.5. The number of esters is 1. The van der Waals surface area contributed by atoms with Gasteiger partial charge in [0.15, 0.2) is 0 Å². The number of carbonyl (C=O) groups excluding carboxylic acids is 2. The van der Waals surface area contributed by atoms with E-state index in [9.17, 15) is 19.8 Å². The van der Waals surface area contributed by atoms with Crippen LogP contribution in [0.3, 0.4) is 0 Å². The minimum atomic E-state index is -0.668. The molecule has 0 fully saturated rings. The van der Waals surface area contributed by atoms with E-state index in [4.69, 9.17) is 4.74 Å². The second-order valence-electron chi connectivity index (χ2n) is 18.6. The molecular formula is C54H105NO5. The number of unbranched alkanes of at least 4 members (excludes halogenated alkanes) is 37. The molecule has 0 aliphatic heterocycles. The van der Waals surface area contributed by atoms with Crippen molar-refractivity contribution in [3.8, 4) is 0 Å². The third-order valence-corrected chi connectivity index (χ3v) is 12.6. The Morgan fingerprint density at radius 2 is 0.783 bits per heavy atom. The number of amides is 1. The Morgan fingerprint density at radius 1 is 0.450 bits per heavy atom. The molecular weight excluding hydrogens is 743 g/mol. The van der Waals surface area contributed by atoms with Crippen LogP contribution < -0.4 is 5.32 Å². The van der Waals surface area contributed by atoms with Crippen LogP contribution in [0.25, 0.3) is 0 Å². The van der Waals surface area contributed by atoms with Gasteiger partial charge in [0.2, 0.25) is 5.91 Å². The zero-order valence-corrected chi connectivity index (χ0v) is 40.5. The van der Waals surface area contributed by atoms with Crippen LogP contribution in [0.2, 0.25) is 0 Å². The Labute approximate surface area is 374 Å². The van der Waals surface area contributed by atoms with Crippen LogP contribution in [-0.4, -0.2) is 47.4 Å². The summed E-state index contributed by atoms with van der Waals surface area (Å²) in [6, 6.07) is -0.546. The first-order valence-electron chi connectivity index (χ1n) is 26.9. The fourth-order valence-electron chi connectivity index (χ4n) is 8.40. The van der Waals surface area contributed by atoms with Gasteiger partial charge in [-0.1, -0.05) is 244 Å². The highest BCUT2D eigenvalue weighted by molar-refractivity contribution is 5.76. The average Bonchev–Trinajstić information content (AvgIpc) is 3.25. The minimum absolute atomic E-state index is 0.00247. The third kappa shape index (κ3) is 46.1. The summed E-state index contributed by atoms with van der Waals surface area (Å²) in [5, 5.41) is 23.1. The lowest BCUT2D eigenvalue weighted by Gasteiger charge is -2.22. The highest BCUT2D eigenvalue weighted by Crippen LogP contribution is 2.17. The maximum atomic E-state index is 12.4. The van der Waals surface area contributed by atoms with Crippen LogP contribution in [0, 0.1) is 0 Å². The molecule has 0 saturated carbocycles. The molecule has 0 aromatic heterocycles. The summed E-state index contributed by atoms with van der Waals surface area (Å²) in [7, 11) is 0. The molecule has 0 aromatic rings. The van der Waals surface area contributed by atoms with Gasteiger partial charge in [0.25, 0.3) is 0 Å². The number of aliphatic hydroxyl groups excluding tert-OH is 2. The molecule has 6 heteroatoms. The number of rotatable bonds is 50. The lowest BCUT2D eigenvalue weighted by atomic mass is 10.0. The number of nitrogens with one attached hydrogen (secondary N) is 1. The van der Waals surface area contributed by atoms with E-state index in [0.29, 0.717) is 25.9 Å². The van der Waals surface area contributed by atoms with Crippen molar-refractivity contribution in [2.45, 2.75) is 309 Å². The average molecular weight is 848 g/mol. The first-order valence-corrected chi connectivity index (χ1v) is 26.9. The molecule has 0 rings (SSSR count). The van der Waals surface area contributed by atoms with Gasteiger partial charge in [-0.3, -0.25) is 9.59 Å². The molecule has 1 amide bonds. The maximum Gasteiger partial charge on any atom is 0.305 e. The van der Waals surface area contributed by atoms with Gasteiger partial charge in [0, 0.05) is 12.8 Å². The molecule has 0 bridgehead atoms. The number of ether oxygens (including phenoxy) is 1. The van der Waals surface area contributed by atoms with Crippen LogP contribution in [0.15, 0.2) is 12.2 Å². The van der Waals surface area contributed by atoms with Gasteiger partial charge >= 0.3 is 5.97 Å². The van der Waals surface area contributed by atoms with Crippen molar-refractivity contribution >= 4 is 11.9 Å². The van der Waals surface area contributed by atoms with Gasteiger partial charge in [0.1, 0.15) is 0 Å². The number of hydrogen-bond acceptors (Lipinski definition) is 5. The van der Waals surface area contributed by atoms with Crippen molar-refractivity contribution < 1.29 is 24.5 Å². The molecule has 60 heavy (non-hydrogen) atoms. The molecule has 0 aliphatic rings. The molecule has 2 unspecified atom stereocenters. The summed E-state index contributed by atoms with van der Waals surface area (Å²) in [5.74, 6) is -0.0464. The van der Waals surface area contributed by atoms with E-state index in [1.807, 2.05) is 0 Å². The van der Waals surface area contributed by atoms with Crippen LogP contribution in [-0.2, 0) is 14.3 Å². The fourth-order valence-corrected chi connectivity index (χ4v) is 8.40. The molecule has 0 saturated heterocycles. The van der Waals surface area contributed by atoms with Gasteiger partial charge in [0.05, 0.1) is 25.4 Å². The van der Waals surface area contributed by atoms with E-state index in [2.05, 4.69) is 31.3 Å². The van der Waals surface area contributed by atoms with Crippen molar-refractivity contribution in [2.24, 2.45) is 0 Å². The Bertz CT molecular complexity index is 893. The van der Waals surface area contributed by atoms with Crippen molar-refractivity contribution in [1.82, 2.24) is 5.32 Å². The zero-order valence-electron chi connectivity index (χ0n) is 40.5. The van der Waals surface area contributed by atoms with Crippen molar-refractivity contribution in [3.05, 3.63) is 12.2 Å². The fraction of sp³-hybridized carbons (Fsp3) is 0.926. The predicted octanol–water partition coefficient (Wildman–Crippen LogP) is 16.1. The van der Waals surface area contributed by atoms with Crippen LogP contribution in [0.4, 0.5) is 0 Å². The van der Waals surface area contributed by atoms with Crippen molar-refractivity contribution in [3.63, 3.8) is 0 Å². The monoisotopic (exact) mass is 848 g/mol. The number of hydrogen-bond donors (Lipinski definition) is 3. The largest absolute Gasteiger partial charge is 0.466 e. The zero-order chi connectivity index (χ0) is 43.7. The highest BCUT2D eigenvalue weighted by Gasteiger charge is 2.20. The smallest absolute Gasteiger partial charge is 0.305 e. The normalized spacial score (nSPS) is 12.7. The van der Waals surface area contributed by atoms with Crippen LogP contribution in [0.1, 0.15) is 296 Å². The van der Waals surface area contributed by atoms with Gasteiger partial charge < -0.3 is 20.3 Å². The Hall–Kier alpha value is -1.40. The second-order valence-corrected chi connectivity index (χ2v) is 18.6. The van der Waals surface area contributed by atoms with Gasteiger partial charge in [-0.2, -0.15) is 0 Å². The maximum absolute atomic E-state index is 12.4. The summed E-state index contributed by atoms with van der Waals surface area (Å²) in [4.78, 5) is 24.5. The van der Waals surface area contributed by atoms with Gasteiger partial charge in [-0.25, -0.2) is 0 Å². The third-order valence-electron chi connectivity index (χ3n) is 12.6. The SMILES string of the molecule is CCCCCCCC/C=C\CCCCCCCCCC(=O)OCCCCCCCCCCCCCCCCCC(=O)NC(CO)C(O)CCCCCCCCCCCCC.